The fraction of sp³-hybridized carbons (Fsp3) is 0.571. The summed E-state index contributed by atoms with van der Waals surface area (Å²) < 4.78 is 6.87. The first-order valence-corrected chi connectivity index (χ1v) is 7.23. The molecule has 0 bridgehead atoms. The standard InChI is InChI=1S/C14H21BrN2O/c1-11(12-4-3-5-13(15)8-12)16-9-14-10-17(2)6-7-18-14/h3-5,8,11,14,16H,6-7,9-10H2,1-2H3/t11-,14?/m0/s1. The number of morpholine rings is 1. The zero-order valence-electron chi connectivity index (χ0n) is 11.0. The van der Waals surface area contributed by atoms with Gasteiger partial charge in [-0.05, 0) is 31.7 Å². The number of benzene rings is 1. The van der Waals surface area contributed by atoms with E-state index in [-0.39, 0.29) is 0 Å². The Labute approximate surface area is 118 Å². The maximum absolute atomic E-state index is 5.74. The first-order valence-electron chi connectivity index (χ1n) is 6.44. The molecule has 0 saturated carbocycles. The highest BCUT2D eigenvalue weighted by atomic mass is 79.9. The minimum atomic E-state index is 0.304. The van der Waals surface area contributed by atoms with Gasteiger partial charge in [0.15, 0.2) is 0 Å². The first kappa shape index (κ1) is 14.0. The summed E-state index contributed by atoms with van der Waals surface area (Å²) in [7, 11) is 2.15. The highest BCUT2D eigenvalue weighted by Crippen LogP contribution is 2.18. The molecular weight excluding hydrogens is 292 g/mol. The van der Waals surface area contributed by atoms with Crippen molar-refractivity contribution < 1.29 is 4.74 Å². The Kier molecular flexibility index (Phi) is 5.18. The maximum Gasteiger partial charge on any atom is 0.0826 e. The first-order chi connectivity index (χ1) is 8.65. The van der Waals surface area contributed by atoms with E-state index in [0.717, 1.165) is 30.7 Å². The van der Waals surface area contributed by atoms with Crippen molar-refractivity contribution in [1.29, 1.82) is 0 Å². The number of rotatable bonds is 4. The van der Waals surface area contributed by atoms with Crippen LogP contribution in [0.25, 0.3) is 0 Å². The fourth-order valence-electron chi connectivity index (χ4n) is 2.19. The van der Waals surface area contributed by atoms with Gasteiger partial charge < -0.3 is 15.0 Å². The van der Waals surface area contributed by atoms with E-state index in [1.807, 2.05) is 0 Å². The third kappa shape index (κ3) is 4.05. The Bertz CT molecular complexity index is 386. The predicted molar refractivity (Wildman–Crippen MR) is 77.8 cm³/mol. The topological polar surface area (TPSA) is 24.5 Å². The number of likely N-dealkylation sites (N-methyl/N-ethyl adjacent to an activating group) is 1. The SMILES string of the molecule is C[C@H](NCC1CN(C)CCO1)c1cccc(Br)c1. The van der Waals surface area contributed by atoms with Gasteiger partial charge in [-0.3, -0.25) is 0 Å². The average Bonchev–Trinajstić information content (AvgIpc) is 2.36. The average molecular weight is 313 g/mol. The molecule has 1 aliphatic rings. The molecule has 4 heteroatoms. The summed E-state index contributed by atoms with van der Waals surface area (Å²) in [6.45, 7) is 5.98. The van der Waals surface area contributed by atoms with Gasteiger partial charge in [-0.15, -0.1) is 0 Å². The number of nitrogens with one attached hydrogen (secondary N) is 1. The van der Waals surface area contributed by atoms with Gasteiger partial charge in [-0.1, -0.05) is 28.1 Å². The predicted octanol–water partition coefficient (Wildman–Crippen LogP) is 2.43. The van der Waals surface area contributed by atoms with E-state index in [1.165, 1.54) is 5.56 Å². The van der Waals surface area contributed by atoms with Crippen molar-refractivity contribution in [2.24, 2.45) is 0 Å². The summed E-state index contributed by atoms with van der Waals surface area (Å²) in [5, 5.41) is 3.54. The van der Waals surface area contributed by atoms with Crippen molar-refractivity contribution in [2.45, 2.75) is 19.1 Å². The number of hydrogen-bond donors (Lipinski definition) is 1. The lowest BCUT2D eigenvalue weighted by molar-refractivity contribution is -0.0190. The summed E-state index contributed by atoms with van der Waals surface area (Å²) >= 11 is 3.51. The molecule has 0 aromatic heterocycles. The van der Waals surface area contributed by atoms with Gasteiger partial charge in [0, 0.05) is 30.1 Å². The second kappa shape index (κ2) is 6.66. The minimum absolute atomic E-state index is 0.304. The molecule has 3 nitrogen and oxygen atoms in total. The minimum Gasteiger partial charge on any atom is -0.374 e. The largest absolute Gasteiger partial charge is 0.374 e. The van der Waals surface area contributed by atoms with Crippen molar-refractivity contribution in [3.63, 3.8) is 0 Å². The van der Waals surface area contributed by atoms with Gasteiger partial charge in [0.1, 0.15) is 0 Å². The van der Waals surface area contributed by atoms with Gasteiger partial charge in [0.2, 0.25) is 0 Å². The fourth-order valence-corrected chi connectivity index (χ4v) is 2.61. The van der Waals surface area contributed by atoms with Gasteiger partial charge in [-0.25, -0.2) is 0 Å². The molecule has 2 atom stereocenters. The monoisotopic (exact) mass is 312 g/mol. The third-order valence-corrected chi connectivity index (χ3v) is 3.84. The van der Waals surface area contributed by atoms with Crippen LogP contribution in [-0.4, -0.2) is 44.3 Å². The van der Waals surface area contributed by atoms with Crippen LogP contribution in [0.1, 0.15) is 18.5 Å². The van der Waals surface area contributed by atoms with E-state index in [1.54, 1.807) is 0 Å². The molecule has 1 aliphatic heterocycles. The van der Waals surface area contributed by atoms with Gasteiger partial charge >= 0.3 is 0 Å². The zero-order chi connectivity index (χ0) is 13.0. The van der Waals surface area contributed by atoms with E-state index in [2.05, 4.69) is 64.4 Å². The smallest absolute Gasteiger partial charge is 0.0826 e. The van der Waals surface area contributed by atoms with Crippen LogP contribution in [0.2, 0.25) is 0 Å². The van der Waals surface area contributed by atoms with E-state index < -0.39 is 0 Å². The van der Waals surface area contributed by atoms with Crippen LogP contribution in [0.4, 0.5) is 0 Å². The molecule has 0 amide bonds. The summed E-state index contributed by atoms with van der Waals surface area (Å²) in [6.07, 6.45) is 0.304. The third-order valence-electron chi connectivity index (χ3n) is 3.34. The quantitative estimate of drug-likeness (QED) is 0.924. The molecule has 100 valence electrons. The van der Waals surface area contributed by atoms with E-state index in [0.29, 0.717) is 12.1 Å². The number of nitrogens with zero attached hydrogens (tertiary/aromatic N) is 1. The lowest BCUT2D eigenvalue weighted by Gasteiger charge is -2.31. The Hall–Kier alpha value is -0.420. The van der Waals surface area contributed by atoms with Crippen LogP contribution in [0.3, 0.4) is 0 Å². The summed E-state index contributed by atoms with van der Waals surface area (Å²) in [4.78, 5) is 2.32. The van der Waals surface area contributed by atoms with Crippen LogP contribution in [0.15, 0.2) is 28.7 Å². The highest BCUT2D eigenvalue weighted by Gasteiger charge is 2.18. The van der Waals surface area contributed by atoms with E-state index in [4.69, 9.17) is 4.74 Å². The Balaban J connectivity index is 1.82. The molecule has 0 aliphatic carbocycles. The number of ether oxygens (including phenoxy) is 1. The maximum atomic E-state index is 5.74. The number of hydrogen-bond acceptors (Lipinski definition) is 3. The molecule has 1 aromatic carbocycles. The molecular formula is C14H21BrN2O. The van der Waals surface area contributed by atoms with Gasteiger partial charge in [0.05, 0.1) is 12.7 Å². The molecule has 1 N–H and O–H groups in total. The van der Waals surface area contributed by atoms with Gasteiger partial charge in [0.25, 0.3) is 0 Å². The van der Waals surface area contributed by atoms with Crippen LogP contribution in [-0.2, 0) is 4.74 Å². The number of halogens is 1. The van der Waals surface area contributed by atoms with Crippen molar-refractivity contribution in [1.82, 2.24) is 10.2 Å². The van der Waals surface area contributed by atoms with Crippen LogP contribution < -0.4 is 5.32 Å². The lowest BCUT2D eigenvalue weighted by Crippen LogP contribution is -2.45. The van der Waals surface area contributed by atoms with E-state index >= 15 is 0 Å². The molecule has 0 spiro atoms. The summed E-state index contributed by atoms with van der Waals surface area (Å²) in [5.74, 6) is 0. The Morgan fingerprint density at radius 3 is 3.11 bits per heavy atom. The lowest BCUT2D eigenvalue weighted by atomic mass is 10.1. The molecule has 1 aromatic rings. The summed E-state index contributed by atoms with van der Waals surface area (Å²) in [5.41, 5.74) is 1.30. The molecule has 1 heterocycles. The Morgan fingerprint density at radius 2 is 2.39 bits per heavy atom. The van der Waals surface area contributed by atoms with Crippen molar-refractivity contribution in [2.75, 3.05) is 33.3 Å². The second-order valence-electron chi connectivity index (χ2n) is 4.94. The van der Waals surface area contributed by atoms with Crippen molar-refractivity contribution >= 4 is 15.9 Å². The van der Waals surface area contributed by atoms with Crippen molar-refractivity contribution in [3.8, 4) is 0 Å². The molecule has 0 radical (unpaired) electrons. The molecule has 18 heavy (non-hydrogen) atoms. The molecule has 2 rings (SSSR count). The molecule has 1 saturated heterocycles. The zero-order valence-corrected chi connectivity index (χ0v) is 12.6. The van der Waals surface area contributed by atoms with Crippen LogP contribution >= 0.6 is 15.9 Å². The molecule has 1 fully saturated rings. The highest BCUT2D eigenvalue weighted by molar-refractivity contribution is 9.10. The van der Waals surface area contributed by atoms with Gasteiger partial charge in [-0.2, -0.15) is 0 Å². The van der Waals surface area contributed by atoms with E-state index in [9.17, 15) is 0 Å². The normalized spacial score (nSPS) is 22.9. The van der Waals surface area contributed by atoms with Crippen LogP contribution in [0, 0.1) is 0 Å². The second-order valence-corrected chi connectivity index (χ2v) is 5.86. The summed E-state index contributed by atoms with van der Waals surface area (Å²) in [6, 6.07) is 8.78. The Morgan fingerprint density at radius 1 is 1.56 bits per heavy atom. The van der Waals surface area contributed by atoms with Crippen molar-refractivity contribution in [3.05, 3.63) is 34.3 Å². The van der Waals surface area contributed by atoms with Crippen LogP contribution in [0.5, 0.6) is 0 Å². The molecule has 1 unspecified atom stereocenters.